The van der Waals surface area contributed by atoms with Crippen LogP contribution in [0.4, 0.5) is 20.2 Å². The summed E-state index contributed by atoms with van der Waals surface area (Å²) in [5.74, 6) is -1.19. The number of hydrogen-bond acceptors (Lipinski definition) is 7. The number of thiophene rings is 1. The minimum atomic E-state index is -4.83. The number of carbonyl (C=O) groups excluding carboxylic acids is 3. The van der Waals surface area contributed by atoms with E-state index in [-0.39, 0.29) is 29.9 Å². The molecule has 3 aromatic carbocycles. The summed E-state index contributed by atoms with van der Waals surface area (Å²) in [5, 5.41) is 3.23. The number of anilines is 2. The average molecular weight is 852 g/mol. The third kappa shape index (κ3) is 8.22. The van der Waals surface area contributed by atoms with Crippen LogP contribution in [-0.2, 0) is 28.9 Å². The van der Waals surface area contributed by atoms with Crippen LogP contribution >= 0.6 is 41.5 Å². The van der Waals surface area contributed by atoms with Crippen molar-refractivity contribution in [1.29, 1.82) is 0 Å². The van der Waals surface area contributed by atoms with E-state index < -0.39 is 42.2 Å². The Bertz CT molecular complexity index is 1930. The van der Waals surface area contributed by atoms with Crippen molar-refractivity contribution in [3.8, 4) is 0 Å². The van der Waals surface area contributed by atoms with Gasteiger partial charge < -0.3 is 19.3 Å². The lowest BCUT2D eigenvalue weighted by molar-refractivity contribution is -0.140. The molecule has 2 heterocycles. The van der Waals surface area contributed by atoms with E-state index >= 15 is 8.78 Å². The van der Waals surface area contributed by atoms with Gasteiger partial charge in [0, 0.05) is 31.8 Å². The molecular formula is C37H41F2IN3O6PS. The van der Waals surface area contributed by atoms with Crippen molar-refractivity contribution in [3.05, 3.63) is 92.9 Å². The second kappa shape index (κ2) is 15.8. The van der Waals surface area contributed by atoms with Crippen LogP contribution in [-0.4, -0.2) is 54.5 Å². The van der Waals surface area contributed by atoms with Crippen LogP contribution in [0.2, 0.25) is 0 Å². The quantitative estimate of drug-likeness (QED) is 0.113. The van der Waals surface area contributed by atoms with E-state index in [4.69, 9.17) is 9.05 Å². The molecule has 4 aromatic rings. The van der Waals surface area contributed by atoms with Crippen molar-refractivity contribution >= 4 is 80.7 Å². The summed E-state index contributed by atoms with van der Waals surface area (Å²) in [6.45, 7) is 8.30. The summed E-state index contributed by atoms with van der Waals surface area (Å²) in [6, 6.07) is 20.3. The van der Waals surface area contributed by atoms with E-state index in [2.05, 4.69) is 27.9 Å². The Balaban J connectivity index is 1.40. The lowest BCUT2D eigenvalue weighted by atomic mass is 9.85. The van der Waals surface area contributed by atoms with Gasteiger partial charge in [0.2, 0.25) is 5.91 Å². The zero-order valence-electron chi connectivity index (χ0n) is 29.0. The first-order valence-electron chi connectivity index (χ1n) is 16.7. The largest absolute Gasteiger partial charge is 0.404 e. The van der Waals surface area contributed by atoms with E-state index in [0.717, 1.165) is 21.0 Å². The molecule has 1 N–H and O–H groups in total. The number of halogens is 3. The number of amides is 3. The lowest BCUT2D eigenvalue weighted by Crippen LogP contribution is -2.57. The van der Waals surface area contributed by atoms with Gasteiger partial charge >= 0.3 is 13.3 Å². The van der Waals surface area contributed by atoms with Gasteiger partial charge in [-0.15, -0.1) is 11.3 Å². The SMILES string of the molecule is CCOP(=O)(OCC)C(F)(F)c1ccc2sc(C(=O)N[C@H](C(=O)N3CCC[C@H]3C(=O)N(c3ccccc3)c3ccc(I)cc3)C(C)(C)C)cc2c1. The van der Waals surface area contributed by atoms with Gasteiger partial charge in [-0.2, -0.15) is 8.78 Å². The van der Waals surface area contributed by atoms with Gasteiger partial charge in [0.1, 0.15) is 12.1 Å². The highest BCUT2D eigenvalue weighted by Crippen LogP contribution is 2.67. The number of rotatable bonds is 12. The fourth-order valence-corrected chi connectivity index (χ4v) is 8.90. The zero-order valence-corrected chi connectivity index (χ0v) is 32.9. The molecule has 1 fully saturated rings. The van der Waals surface area contributed by atoms with Crippen molar-refractivity contribution in [2.75, 3.05) is 24.7 Å². The second-order valence-corrected chi connectivity index (χ2v) is 17.6. The molecule has 14 heteroatoms. The van der Waals surface area contributed by atoms with Crippen molar-refractivity contribution in [2.45, 2.75) is 65.2 Å². The molecule has 0 aliphatic carbocycles. The van der Waals surface area contributed by atoms with Gasteiger partial charge in [-0.05, 0) is 115 Å². The van der Waals surface area contributed by atoms with Crippen LogP contribution in [0.1, 0.15) is 62.7 Å². The normalized spacial score (nSPS) is 15.9. The molecule has 1 aromatic heterocycles. The van der Waals surface area contributed by atoms with Crippen molar-refractivity contribution in [2.24, 2.45) is 5.41 Å². The first kappa shape index (κ1) is 39.0. The highest BCUT2D eigenvalue weighted by Gasteiger charge is 2.55. The molecule has 2 atom stereocenters. The van der Waals surface area contributed by atoms with Gasteiger partial charge in [0.15, 0.2) is 0 Å². The Morgan fingerprint density at radius 2 is 1.61 bits per heavy atom. The van der Waals surface area contributed by atoms with E-state index in [1.807, 2.05) is 75.4 Å². The summed E-state index contributed by atoms with van der Waals surface area (Å²) in [7, 11) is -4.83. The summed E-state index contributed by atoms with van der Waals surface area (Å²) >= 11 is 3.29. The first-order valence-corrected chi connectivity index (χ1v) is 20.1. The van der Waals surface area contributed by atoms with Crippen LogP contribution in [0.25, 0.3) is 10.1 Å². The van der Waals surface area contributed by atoms with Gasteiger partial charge in [-0.1, -0.05) is 45.0 Å². The number of likely N-dealkylation sites (tertiary alicyclic amines) is 1. The smallest absolute Gasteiger partial charge is 0.339 e. The molecule has 5 rings (SSSR count). The fourth-order valence-electron chi connectivity index (χ4n) is 6.06. The molecule has 3 amide bonds. The zero-order chi connectivity index (χ0) is 37.1. The van der Waals surface area contributed by atoms with E-state index in [0.29, 0.717) is 40.8 Å². The number of nitrogens with one attached hydrogen (secondary N) is 1. The monoisotopic (exact) mass is 851 g/mol. The third-order valence-corrected chi connectivity index (χ3v) is 12.5. The number of hydrogen-bond donors (Lipinski definition) is 1. The van der Waals surface area contributed by atoms with Crippen LogP contribution in [0.3, 0.4) is 0 Å². The molecule has 1 aliphatic heterocycles. The molecule has 0 saturated carbocycles. The van der Waals surface area contributed by atoms with Gasteiger partial charge in [-0.3, -0.25) is 23.8 Å². The second-order valence-electron chi connectivity index (χ2n) is 13.2. The predicted octanol–water partition coefficient (Wildman–Crippen LogP) is 9.32. The summed E-state index contributed by atoms with van der Waals surface area (Å²) in [6.07, 6.45) is 1.08. The first-order chi connectivity index (χ1) is 24.1. The maximum absolute atomic E-state index is 15.5. The maximum atomic E-state index is 15.5. The van der Waals surface area contributed by atoms with Crippen molar-refractivity contribution in [3.63, 3.8) is 0 Å². The van der Waals surface area contributed by atoms with Crippen LogP contribution in [0.5, 0.6) is 0 Å². The van der Waals surface area contributed by atoms with E-state index in [9.17, 15) is 18.9 Å². The molecular weight excluding hydrogens is 810 g/mol. The van der Waals surface area contributed by atoms with Crippen molar-refractivity contribution in [1.82, 2.24) is 10.2 Å². The highest BCUT2D eigenvalue weighted by molar-refractivity contribution is 14.1. The number of para-hydroxylation sites is 1. The summed E-state index contributed by atoms with van der Waals surface area (Å²) in [4.78, 5) is 45.8. The molecule has 0 spiro atoms. The average Bonchev–Trinajstić information content (AvgIpc) is 3.76. The molecule has 51 heavy (non-hydrogen) atoms. The van der Waals surface area contributed by atoms with Gasteiger partial charge in [0.25, 0.3) is 11.8 Å². The Labute approximate surface area is 314 Å². The van der Waals surface area contributed by atoms with Gasteiger partial charge in [0.05, 0.1) is 18.1 Å². The molecule has 272 valence electrons. The Kier molecular flexibility index (Phi) is 12.1. The Hall–Kier alpha value is -3.23. The predicted molar refractivity (Wildman–Crippen MR) is 205 cm³/mol. The molecule has 0 radical (unpaired) electrons. The number of alkyl halides is 2. The highest BCUT2D eigenvalue weighted by atomic mass is 127. The van der Waals surface area contributed by atoms with Crippen LogP contribution in [0, 0.1) is 8.99 Å². The maximum Gasteiger partial charge on any atom is 0.404 e. The molecule has 1 saturated heterocycles. The number of carbonyl (C=O) groups is 3. The van der Waals surface area contributed by atoms with E-state index in [1.54, 1.807) is 9.80 Å². The number of benzene rings is 3. The minimum absolute atomic E-state index is 0.202. The van der Waals surface area contributed by atoms with E-state index in [1.165, 1.54) is 32.0 Å². The Morgan fingerprint density at radius 3 is 2.22 bits per heavy atom. The number of nitrogens with zero attached hydrogens (tertiary/aromatic N) is 2. The third-order valence-electron chi connectivity index (χ3n) is 8.56. The topological polar surface area (TPSA) is 105 Å². The fraction of sp³-hybridized carbons (Fsp3) is 0.378. The number of fused-ring (bicyclic) bond motifs is 1. The molecule has 1 aliphatic rings. The summed E-state index contributed by atoms with van der Waals surface area (Å²) in [5.41, 5.74) is -3.89. The molecule has 0 unspecified atom stereocenters. The van der Waals surface area contributed by atoms with Gasteiger partial charge in [-0.25, -0.2) is 0 Å². The summed E-state index contributed by atoms with van der Waals surface area (Å²) < 4.78 is 55.4. The molecule has 9 nitrogen and oxygen atoms in total. The Morgan fingerprint density at radius 1 is 0.980 bits per heavy atom. The van der Waals surface area contributed by atoms with Crippen LogP contribution < -0.4 is 10.2 Å². The molecule has 0 bridgehead atoms. The standard InChI is InChI=1S/C37H41F2IN3O6PS/c1-6-48-50(47,49-7-2)37(38,39)25-15-20-30-24(22-25)23-31(51-30)33(44)41-32(36(3,4)5)35(46)42-21-11-14-29(42)34(45)43(27-12-9-8-10-13-27)28-18-16-26(40)17-19-28/h8-10,12-13,15-20,22-23,29,32H,6-7,11,14,21H2,1-5H3,(H,41,44)/t29-,32+/m0/s1. The van der Waals surface area contributed by atoms with Crippen LogP contribution in [0.15, 0.2) is 78.9 Å². The minimum Gasteiger partial charge on any atom is -0.339 e. The lowest BCUT2D eigenvalue weighted by Gasteiger charge is -2.36. The van der Waals surface area contributed by atoms with Crippen molar-refractivity contribution < 1.29 is 36.8 Å².